The number of hydrogen-bond donors (Lipinski definition) is 2. The molecule has 2 aromatic rings. The molecule has 0 saturated heterocycles. The molecule has 0 spiro atoms. The summed E-state index contributed by atoms with van der Waals surface area (Å²) in [6, 6.07) is 15.9. The molecule has 2 N–H and O–H groups in total. The van der Waals surface area contributed by atoms with Crippen molar-refractivity contribution in [3.63, 3.8) is 0 Å². The zero-order chi connectivity index (χ0) is 17.2. The van der Waals surface area contributed by atoms with Crippen LogP contribution in [0.2, 0.25) is 0 Å². The fourth-order valence-corrected chi connectivity index (χ4v) is 2.39. The van der Waals surface area contributed by atoms with E-state index in [-0.39, 0.29) is 5.91 Å². The molecule has 0 fully saturated rings. The van der Waals surface area contributed by atoms with Gasteiger partial charge in [0.15, 0.2) is 0 Å². The molecule has 0 heterocycles. The summed E-state index contributed by atoms with van der Waals surface area (Å²) >= 11 is 0. The first-order chi connectivity index (χ1) is 11.7. The summed E-state index contributed by atoms with van der Waals surface area (Å²) in [7, 11) is 0. The average molecular weight is 326 g/mol. The van der Waals surface area contributed by atoms with Gasteiger partial charge in [-0.25, -0.2) is 0 Å². The van der Waals surface area contributed by atoms with Crippen LogP contribution in [-0.4, -0.2) is 25.5 Å². The van der Waals surface area contributed by atoms with Crippen LogP contribution in [0.15, 0.2) is 48.5 Å². The molecule has 128 valence electrons. The van der Waals surface area contributed by atoms with Gasteiger partial charge in [-0.2, -0.15) is 0 Å². The molecule has 0 bridgehead atoms. The van der Waals surface area contributed by atoms with Gasteiger partial charge in [0, 0.05) is 13.1 Å². The first-order valence-electron chi connectivity index (χ1n) is 8.42. The summed E-state index contributed by atoms with van der Waals surface area (Å²) in [5.74, 6) is 0.820. The van der Waals surface area contributed by atoms with Crippen LogP contribution < -0.4 is 15.4 Å². The SMILES string of the molecule is CCNCCNC(=O)Cc1cccc(OCc2ccccc2C)c1. The lowest BCUT2D eigenvalue weighted by Gasteiger charge is -2.10. The number of likely N-dealkylation sites (N-methyl/N-ethyl adjacent to an activating group) is 1. The van der Waals surface area contributed by atoms with Gasteiger partial charge in [-0.05, 0) is 42.3 Å². The number of rotatable bonds is 9. The molecule has 0 atom stereocenters. The Kier molecular flexibility index (Phi) is 7.30. The standard InChI is InChI=1S/C20H26N2O2/c1-3-21-11-12-22-20(23)14-17-8-6-10-19(13-17)24-15-18-9-5-4-7-16(18)2/h4-10,13,21H,3,11-12,14-15H2,1-2H3,(H,22,23). The topological polar surface area (TPSA) is 50.4 Å². The zero-order valence-electron chi connectivity index (χ0n) is 14.5. The fourth-order valence-electron chi connectivity index (χ4n) is 2.39. The van der Waals surface area contributed by atoms with Crippen molar-refractivity contribution in [2.45, 2.75) is 26.9 Å². The van der Waals surface area contributed by atoms with Crippen molar-refractivity contribution in [2.24, 2.45) is 0 Å². The van der Waals surface area contributed by atoms with Gasteiger partial charge in [0.2, 0.25) is 5.91 Å². The van der Waals surface area contributed by atoms with Gasteiger partial charge in [0.25, 0.3) is 0 Å². The predicted molar refractivity (Wildman–Crippen MR) is 97.2 cm³/mol. The Morgan fingerprint density at radius 2 is 1.92 bits per heavy atom. The molecule has 4 heteroatoms. The number of ether oxygens (including phenoxy) is 1. The summed E-state index contributed by atoms with van der Waals surface area (Å²) in [5.41, 5.74) is 3.34. The Morgan fingerprint density at radius 3 is 2.71 bits per heavy atom. The van der Waals surface area contributed by atoms with E-state index in [9.17, 15) is 4.79 Å². The highest BCUT2D eigenvalue weighted by Gasteiger charge is 2.05. The lowest BCUT2D eigenvalue weighted by molar-refractivity contribution is -0.120. The largest absolute Gasteiger partial charge is 0.489 e. The molecule has 0 saturated carbocycles. The maximum Gasteiger partial charge on any atom is 0.224 e. The third-order valence-corrected chi connectivity index (χ3v) is 3.79. The monoisotopic (exact) mass is 326 g/mol. The fraction of sp³-hybridized carbons (Fsp3) is 0.350. The van der Waals surface area contributed by atoms with Crippen molar-refractivity contribution in [3.05, 3.63) is 65.2 Å². The molecule has 0 unspecified atom stereocenters. The van der Waals surface area contributed by atoms with Crippen LogP contribution in [0.3, 0.4) is 0 Å². The number of carbonyl (C=O) groups is 1. The van der Waals surface area contributed by atoms with Crippen molar-refractivity contribution in [1.29, 1.82) is 0 Å². The van der Waals surface area contributed by atoms with E-state index in [1.807, 2.05) is 43.3 Å². The number of nitrogens with one attached hydrogen (secondary N) is 2. The minimum absolute atomic E-state index is 0.0314. The second-order valence-corrected chi connectivity index (χ2v) is 5.74. The predicted octanol–water partition coefficient (Wildman–Crippen LogP) is 2.84. The zero-order valence-corrected chi connectivity index (χ0v) is 14.5. The molecule has 0 aliphatic rings. The van der Waals surface area contributed by atoms with E-state index in [1.165, 1.54) is 11.1 Å². The lowest BCUT2D eigenvalue weighted by Crippen LogP contribution is -2.32. The van der Waals surface area contributed by atoms with Crippen molar-refractivity contribution in [3.8, 4) is 5.75 Å². The Balaban J connectivity index is 1.85. The van der Waals surface area contributed by atoms with E-state index in [0.717, 1.165) is 24.4 Å². The van der Waals surface area contributed by atoms with E-state index in [2.05, 4.69) is 29.7 Å². The Labute approximate surface area is 144 Å². The smallest absolute Gasteiger partial charge is 0.224 e. The molecule has 24 heavy (non-hydrogen) atoms. The van der Waals surface area contributed by atoms with E-state index in [0.29, 0.717) is 19.6 Å². The van der Waals surface area contributed by atoms with E-state index in [1.54, 1.807) is 0 Å². The van der Waals surface area contributed by atoms with Gasteiger partial charge >= 0.3 is 0 Å². The highest BCUT2D eigenvalue weighted by atomic mass is 16.5. The third-order valence-electron chi connectivity index (χ3n) is 3.79. The van der Waals surface area contributed by atoms with Crippen LogP contribution in [0.5, 0.6) is 5.75 Å². The van der Waals surface area contributed by atoms with Crippen LogP contribution in [0.25, 0.3) is 0 Å². The maximum atomic E-state index is 11.9. The van der Waals surface area contributed by atoms with Crippen LogP contribution in [-0.2, 0) is 17.8 Å². The highest BCUT2D eigenvalue weighted by Crippen LogP contribution is 2.17. The highest BCUT2D eigenvalue weighted by molar-refractivity contribution is 5.78. The van der Waals surface area contributed by atoms with E-state index >= 15 is 0 Å². The molecule has 2 aromatic carbocycles. The Hall–Kier alpha value is -2.33. The van der Waals surface area contributed by atoms with Crippen molar-refractivity contribution < 1.29 is 9.53 Å². The summed E-state index contributed by atoms with van der Waals surface area (Å²) in [6.45, 7) is 7.01. The van der Waals surface area contributed by atoms with E-state index in [4.69, 9.17) is 4.74 Å². The lowest BCUT2D eigenvalue weighted by atomic mass is 10.1. The molecular weight excluding hydrogens is 300 g/mol. The first kappa shape index (κ1) is 18.0. The number of benzene rings is 2. The molecule has 1 amide bonds. The third kappa shape index (κ3) is 6.05. The molecule has 0 aromatic heterocycles. The second kappa shape index (κ2) is 9.73. The molecule has 0 radical (unpaired) electrons. The Morgan fingerprint density at radius 1 is 1.08 bits per heavy atom. The average Bonchev–Trinajstić information content (AvgIpc) is 2.58. The van der Waals surface area contributed by atoms with Gasteiger partial charge in [-0.15, -0.1) is 0 Å². The summed E-state index contributed by atoms with van der Waals surface area (Å²) in [5, 5.41) is 6.09. The number of hydrogen-bond acceptors (Lipinski definition) is 3. The van der Waals surface area contributed by atoms with Gasteiger partial charge < -0.3 is 15.4 Å². The summed E-state index contributed by atoms with van der Waals surface area (Å²) < 4.78 is 5.87. The molecule has 4 nitrogen and oxygen atoms in total. The molecule has 0 aliphatic carbocycles. The normalized spacial score (nSPS) is 10.4. The summed E-state index contributed by atoms with van der Waals surface area (Å²) in [6.07, 6.45) is 0.369. The van der Waals surface area contributed by atoms with Crippen LogP contribution in [0.4, 0.5) is 0 Å². The minimum Gasteiger partial charge on any atom is -0.489 e. The van der Waals surface area contributed by atoms with Crippen molar-refractivity contribution >= 4 is 5.91 Å². The van der Waals surface area contributed by atoms with Gasteiger partial charge in [-0.1, -0.05) is 43.3 Å². The summed E-state index contributed by atoms with van der Waals surface area (Å²) in [4.78, 5) is 11.9. The molecular formula is C20H26N2O2. The van der Waals surface area contributed by atoms with E-state index < -0.39 is 0 Å². The maximum absolute atomic E-state index is 11.9. The van der Waals surface area contributed by atoms with Crippen molar-refractivity contribution in [1.82, 2.24) is 10.6 Å². The van der Waals surface area contributed by atoms with Crippen LogP contribution in [0.1, 0.15) is 23.6 Å². The first-order valence-corrected chi connectivity index (χ1v) is 8.42. The molecule has 2 rings (SSSR count). The Bertz CT molecular complexity index is 656. The van der Waals surface area contributed by atoms with Gasteiger partial charge in [0.05, 0.1) is 6.42 Å². The number of carbonyl (C=O) groups excluding carboxylic acids is 1. The second-order valence-electron chi connectivity index (χ2n) is 5.74. The quantitative estimate of drug-likeness (QED) is 0.697. The van der Waals surface area contributed by atoms with Gasteiger partial charge in [-0.3, -0.25) is 4.79 Å². The van der Waals surface area contributed by atoms with Crippen molar-refractivity contribution in [2.75, 3.05) is 19.6 Å². The minimum atomic E-state index is 0.0314. The number of aryl methyl sites for hydroxylation is 1. The van der Waals surface area contributed by atoms with Crippen LogP contribution >= 0.6 is 0 Å². The van der Waals surface area contributed by atoms with Crippen LogP contribution in [0, 0.1) is 6.92 Å². The number of amides is 1. The molecule has 0 aliphatic heterocycles. The van der Waals surface area contributed by atoms with Gasteiger partial charge in [0.1, 0.15) is 12.4 Å².